The summed E-state index contributed by atoms with van der Waals surface area (Å²) in [6.45, 7) is 2.20. The molecule has 0 aliphatic heterocycles. The summed E-state index contributed by atoms with van der Waals surface area (Å²) in [5.74, 6) is 0. The largest absolute Gasteiger partial charge is 0.311 e. The van der Waals surface area contributed by atoms with Crippen LogP contribution in [-0.2, 0) is 6.42 Å². The SMILES string of the molecule is CCc1ccc(N(c2ccc(C3=CC=CCC3)cc2)c2ccc(-c3ccccc3)cc2)cc1. The Balaban J connectivity index is 1.52. The van der Waals surface area contributed by atoms with E-state index in [1.54, 1.807) is 0 Å². The van der Waals surface area contributed by atoms with Crippen molar-refractivity contribution in [1.82, 2.24) is 0 Å². The van der Waals surface area contributed by atoms with Crippen LogP contribution in [0.3, 0.4) is 0 Å². The second-order valence-electron chi connectivity index (χ2n) is 8.47. The second kappa shape index (κ2) is 9.75. The van der Waals surface area contributed by atoms with E-state index >= 15 is 0 Å². The highest BCUT2D eigenvalue weighted by Gasteiger charge is 2.13. The van der Waals surface area contributed by atoms with E-state index in [2.05, 4.69) is 133 Å². The molecular weight excluding hydrogens is 398 g/mol. The molecule has 0 saturated carbocycles. The van der Waals surface area contributed by atoms with E-state index in [0.717, 1.165) is 24.9 Å². The molecule has 0 heterocycles. The summed E-state index contributed by atoms with van der Waals surface area (Å²) >= 11 is 0. The van der Waals surface area contributed by atoms with Crippen LogP contribution in [-0.4, -0.2) is 0 Å². The summed E-state index contributed by atoms with van der Waals surface area (Å²) in [5, 5.41) is 0. The zero-order valence-corrected chi connectivity index (χ0v) is 19.1. The first kappa shape index (κ1) is 21.0. The maximum atomic E-state index is 2.34. The normalized spacial score (nSPS) is 12.9. The standard InChI is InChI=1S/C32H29N/c1-2-25-13-19-30(20-14-25)33(31-21-15-28(16-22-31)26-9-5-3-6-10-26)32-23-17-29(18-24-32)27-11-7-4-8-12-27/h3-7,9-11,13-24H,2,8,12H2,1H3. The summed E-state index contributed by atoms with van der Waals surface area (Å²) < 4.78 is 0. The topological polar surface area (TPSA) is 3.24 Å². The van der Waals surface area contributed by atoms with Gasteiger partial charge in [-0.1, -0.05) is 91.9 Å². The van der Waals surface area contributed by atoms with Crippen molar-refractivity contribution in [3.8, 4) is 11.1 Å². The third-order valence-corrected chi connectivity index (χ3v) is 6.35. The van der Waals surface area contributed by atoms with E-state index < -0.39 is 0 Å². The van der Waals surface area contributed by atoms with Crippen molar-refractivity contribution < 1.29 is 0 Å². The fourth-order valence-corrected chi connectivity index (χ4v) is 4.43. The van der Waals surface area contributed by atoms with Gasteiger partial charge in [0.15, 0.2) is 0 Å². The van der Waals surface area contributed by atoms with Gasteiger partial charge in [0.2, 0.25) is 0 Å². The van der Waals surface area contributed by atoms with Gasteiger partial charge in [-0.15, -0.1) is 0 Å². The number of allylic oxidation sites excluding steroid dienone is 4. The molecule has 0 N–H and O–H groups in total. The van der Waals surface area contributed by atoms with Crippen LogP contribution >= 0.6 is 0 Å². The summed E-state index contributed by atoms with van der Waals surface area (Å²) in [6, 6.07) is 37.3. The molecule has 0 unspecified atom stereocenters. The molecule has 1 aliphatic rings. The monoisotopic (exact) mass is 427 g/mol. The van der Waals surface area contributed by atoms with Gasteiger partial charge in [-0.2, -0.15) is 0 Å². The number of rotatable bonds is 6. The Morgan fingerprint density at radius 1 is 0.606 bits per heavy atom. The maximum absolute atomic E-state index is 2.34. The van der Waals surface area contributed by atoms with Crippen molar-refractivity contribution in [1.29, 1.82) is 0 Å². The number of anilines is 3. The van der Waals surface area contributed by atoms with Crippen LogP contribution in [0.5, 0.6) is 0 Å². The van der Waals surface area contributed by atoms with Crippen LogP contribution in [0.15, 0.2) is 121 Å². The van der Waals surface area contributed by atoms with E-state index in [1.165, 1.54) is 39.2 Å². The summed E-state index contributed by atoms with van der Waals surface area (Å²) in [4.78, 5) is 2.34. The zero-order chi connectivity index (χ0) is 22.5. The van der Waals surface area contributed by atoms with Gasteiger partial charge in [0.25, 0.3) is 0 Å². The highest BCUT2D eigenvalue weighted by molar-refractivity contribution is 5.79. The predicted molar refractivity (Wildman–Crippen MR) is 142 cm³/mol. The lowest BCUT2D eigenvalue weighted by Crippen LogP contribution is -2.10. The fourth-order valence-electron chi connectivity index (χ4n) is 4.43. The Hall–Kier alpha value is -3.84. The van der Waals surface area contributed by atoms with Gasteiger partial charge in [0.1, 0.15) is 0 Å². The molecule has 0 atom stereocenters. The third kappa shape index (κ3) is 4.68. The summed E-state index contributed by atoms with van der Waals surface area (Å²) in [5.41, 5.74) is 10.0. The molecule has 162 valence electrons. The van der Waals surface area contributed by atoms with Crippen LogP contribution < -0.4 is 4.90 Å². The molecule has 1 nitrogen and oxygen atoms in total. The highest BCUT2D eigenvalue weighted by atomic mass is 15.1. The molecule has 0 fully saturated rings. The minimum absolute atomic E-state index is 1.05. The van der Waals surface area contributed by atoms with Gasteiger partial charge in [0, 0.05) is 17.1 Å². The number of aryl methyl sites for hydroxylation is 1. The van der Waals surface area contributed by atoms with Gasteiger partial charge in [-0.3, -0.25) is 0 Å². The Morgan fingerprint density at radius 3 is 1.70 bits per heavy atom. The van der Waals surface area contributed by atoms with E-state index in [4.69, 9.17) is 0 Å². The van der Waals surface area contributed by atoms with Crippen LogP contribution in [0.25, 0.3) is 16.7 Å². The highest BCUT2D eigenvalue weighted by Crippen LogP contribution is 2.36. The minimum Gasteiger partial charge on any atom is -0.311 e. The number of nitrogens with zero attached hydrogens (tertiary/aromatic N) is 1. The molecule has 33 heavy (non-hydrogen) atoms. The van der Waals surface area contributed by atoms with E-state index in [-0.39, 0.29) is 0 Å². The lowest BCUT2D eigenvalue weighted by Gasteiger charge is -2.26. The summed E-state index contributed by atoms with van der Waals surface area (Å²) in [7, 11) is 0. The minimum atomic E-state index is 1.05. The maximum Gasteiger partial charge on any atom is 0.0462 e. The van der Waals surface area contributed by atoms with Crippen molar-refractivity contribution in [2.45, 2.75) is 26.2 Å². The van der Waals surface area contributed by atoms with E-state index in [9.17, 15) is 0 Å². The Kier molecular flexibility index (Phi) is 6.21. The van der Waals surface area contributed by atoms with Crippen molar-refractivity contribution in [2.24, 2.45) is 0 Å². The predicted octanol–water partition coefficient (Wildman–Crippen LogP) is 9.12. The molecule has 0 spiro atoms. The van der Waals surface area contributed by atoms with Gasteiger partial charge in [0.05, 0.1) is 0 Å². The van der Waals surface area contributed by atoms with Gasteiger partial charge in [-0.05, 0) is 83.5 Å². The molecule has 4 aromatic carbocycles. The van der Waals surface area contributed by atoms with Crippen LogP contribution in [0, 0.1) is 0 Å². The van der Waals surface area contributed by atoms with Gasteiger partial charge >= 0.3 is 0 Å². The van der Waals surface area contributed by atoms with Crippen molar-refractivity contribution in [2.75, 3.05) is 4.90 Å². The first-order chi connectivity index (χ1) is 16.3. The third-order valence-electron chi connectivity index (χ3n) is 6.35. The number of hydrogen-bond acceptors (Lipinski definition) is 1. The molecule has 4 aromatic rings. The molecule has 1 heteroatoms. The molecule has 0 radical (unpaired) electrons. The molecule has 0 aromatic heterocycles. The first-order valence-electron chi connectivity index (χ1n) is 11.8. The van der Waals surface area contributed by atoms with Gasteiger partial charge < -0.3 is 4.90 Å². The lowest BCUT2D eigenvalue weighted by atomic mass is 9.97. The average Bonchev–Trinajstić information content (AvgIpc) is 2.91. The number of hydrogen-bond donors (Lipinski definition) is 0. The van der Waals surface area contributed by atoms with Crippen molar-refractivity contribution in [3.63, 3.8) is 0 Å². The Morgan fingerprint density at radius 2 is 1.15 bits per heavy atom. The van der Waals surface area contributed by atoms with Gasteiger partial charge in [-0.25, -0.2) is 0 Å². The van der Waals surface area contributed by atoms with Crippen LogP contribution in [0.1, 0.15) is 30.9 Å². The van der Waals surface area contributed by atoms with Crippen molar-refractivity contribution >= 4 is 22.6 Å². The molecule has 0 amide bonds. The summed E-state index contributed by atoms with van der Waals surface area (Å²) in [6.07, 6.45) is 9.92. The fraction of sp³-hybridized carbons (Fsp3) is 0.125. The molecule has 0 bridgehead atoms. The lowest BCUT2D eigenvalue weighted by molar-refractivity contribution is 1.05. The second-order valence-corrected chi connectivity index (χ2v) is 8.47. The van der Waals surface area contributed by atoms with E-state index in [0.29, 0.717) is 0 Å². The van der Waals surface area contributed by atoms with Crippen molar-refractivity contribution in [3.05, 3.63) is 132 Å². The van der Waals surface area contributed by atoms with E-state index in [1.807, 2.05) is 0 Å². The zero-order valence-electron chi connectivity index (χ0n) is 19.1. The molecule has 1 aliphatic carbocycles. The first-order valence-corrected chi connectivity index (χ1v) is 11.8. The molecule has 0 saturated heterocycles. The number of benzene rings is 4. The average molecular weight is 428 g/mol. The quantitative estimate of drug-likeness (QED) is 0.296. The Bertz CT molecular complexity index is 1250. The van der Waals surface area contributed by atoms with Crippen LogP contribution in [0.2, 0.25) is 0 Å². The molecule has 5 rings (SSSR count). The molecular formula is C32H29N. The smallest absolute Gasteiger partial charge is 0.0462 e. The van der Waals surface area contributed by atoms with Crippen LogP contribution in [0.4, 0.5) is 17.1 Å². The Labute approximate surface area is 197 Å².